The lowest BCUT2D eigenvalue weighted by molar-refractivity contribution is 0.199. The molecule has 0 atom stereocenters. The Hall–Kier alpha value is -1.91. The zero-order valence-electron chi connectivity index (χ0n) is 12.0. The first-order valence-corrected chi connectivity index (χ1v) is 7.16. The summed E-state index contributed by atoms with van der Waals surface area (Å²) in [7, 11) is 1.62. The number of hydrogen-bond acceptors (Lipinski definition) is 3. The number of carbonyl (C=O) groups excluding carboxylic acids is 1. The minimum atomic E-state index is -0.00335. The number of anilines is 1. The van der Waals surface area contributed by atoms with E-state index in [1.807, 2.05) is 17.0 Å². The molecule has 0 bridgehead atoms. The summed E-state index contributed by atoms with van der Waals surface area (Å²) in [5, 5.41) is 2.95. The number of nitrogens with one attached hydrogen (secondary N) is 1. The molecule has 2 rings (SSSR count). The van der Waals surface area contributed by atoms with Gasteiger partial charge in [-0.15, -0.1) is 0 Å². The molecule has 0 spiro atoms. The number of urea groups is 1. The van der Waals surface area contributed by atoms with E-state index in [2.05, 4.69) is 5.32 Å². The number of amides is 2. The fourth-order valence-corrected chi connectivity index (χ4v) is 2.49. The van der Waals surface area contributed by atoms with Gasteiger partial charge in [-0.05, 0) is 31.0 Å². The van der Waals surface area contributed by atoms with Crippen molar-refractivity contribution in [2.45, 2.75) is 32.2 Å². The lowest BCUT2D eigenvalue weighted by atomic mass is 10.2. The number of nitrogens with zero attached hydrogens (tertiary/aromatic N) is 1. The number of nitrogen functional groups attached to an aromatic ring is 1. The maximum absolute atomic E-state index is 12.2. The highest BCUT2D eigenvalue weighted by Gasteiger charge is 2.15. The summed E-state index contributed by atoms with van der Waals surface area (Å²) in [6.45, 7) is 2.13. The van der Waals surface area contributed by atoms with Crippen LogP contribution in [0.4, 0.5) is 10.5 Å². The zero-order chi connectivity index (χ0) is 14.4. The number of likely N-dealkylation sites (tertiary alicyclic amines) is 1. The van der Waals surface area contributed by atoms with Crippen molar-refractivity contribution in [2.75, 3.05) is 25.9 Å². The van der Waals surface area contributed by atoms with Crippen molar-refractivity contribution in [2.24, 2.45) is 0 Å². The summed E-state index contributed by atoms with van der Waals surface area (Å²) in [4.78, 5) is 14.0. The van der Waals surface area contributed by atoms with Crippen LogP contribution in [-0.2, 0) is 6.54 Å². The number of hydrogen-bond donors (Lipinski definition) is 2. The predicted molar refractivity (Wildman–Crippen MR) is 79.7 cm³/mol. The lowest BCUT2D eigenvalue weighted by Crippen LogP contribution is -2.40. The van der Waals surface area contributed by atoms with E-state index in [9.17, 15) is 4.79 Å². The molecular formula is C15H23N3O2. The van der Waals surface area contributed by atoms with Crippen molar-refractivity contribution in [3.8, 4) is 5.75 Å². The minimum Gasteiger partial charge on any atom is -0.496 e. The van der Waals surface area contributed by atoms with Crippen molar-refractivity contribution in [3.63, 3.8) is 0 Å². The maximum Gasteiger partial charge on any atom is 0.317 e. The summed E-state index contributed by atoms with van der Waals surface area (Å²) in [5.74, 6) is 0.746. The lowest BCUT2D eigenvalue weighted by Gasteiger charge is -2.21. The van der Waals surface area contributed by atoms with Crippen LogP contribution in [0.5, 0.6) is 5.75 Å². The van der Waals surface area contributed by atoms with Gasteiger partial charge in [-0.25, -0.2) is 4.79 Å². The SMILES string of the molecule is COc1ccc(N)cc1CNC(=O)N1CCCCCC1. The van der Waals surface area contributed by atoms with E-state index in [0.29, 0.717) is 12.2 Å². The van der Waals surface area contributed by atoms with Crippen molar-refractivity contribution in [1.82, 2.24) is 10.2 Å². The number of nitrogens with two attached hydrogens (primary N) is 1. The van der Waals surface area contributed by atoms with Gasteiger partial charge in [0, 0.05) is 30.9 Å². The first-order valence-electron chi connectivity index (χ1n) is 7.16. The van der Waals surface area contributed by atoms with E-state index in [0.717, 1.165) is 37.2 Å². The second-order valence-electron chi connectivity index (χ2n) is 5.13. The molecule has 2 amide bonds. The molecule has 1 aliphatic rings. The van der Waals surface area contributed by atoms with E-state index in [4.69, 9.17) is 10.5 Å². The van der Waals surface area contributed by atoms with Crippen LogP contribution in [-0.4, -0.2) is 31.1 Å². The molecular weight excluding hydrogens is 254 g/mol. The molecule has 1 fully saturated rings. The average Bonchev–Trinajstić information content (AvgIpc) is 2.74. The summed E-state index contributed by atoms with van der Waals surface area (Å²) < 4.78 is 5.28. The largest absolute Gasteiger partial charge is 0.496 e. The third kappa shape index (κ3) is 3.79. The van der Waals surface area contributed by atoms with Crippen LogP contribution in [0.3, 0.4) is 0 Å². The van der Waals surface area contributed by atoms with E-state index < -0.39 is 0 Å². The molecule has 1 aliphatic heterocycles. The van der Waals surface area contributed by atoms with E-state index in [1.165, 1.54) is 12.8 Å². The van der Waals surface area contributed by atoms with Crippen LogP contribution in [0.2, 0.25) is 0 Å². The quantitative estimate of drug-likeness (QED) is 0.833. The molecule has 110 valence electrons. The molecule has 0 saturated carbocycles. The van der Waals surface area contributed by atoms with Crippen molar-refractivity contribution in [1.29, 1.82) is 0 Å². The average molecular weight is 277 g/mol. The topological polar surface area (TPSA) is 67.6 Å². The van der Waals surface area contributed by atoms with Gasteiger partial charge in [0.15, 0.2) is 0 Å². The third-order valence-corrected chi connectivity index (χ3v) is 3.63. The van der Waals surface area contributed by atoms with Gasteiger partial charge in [-0.2, -0.15) is 0 Å². The fraction of sp³-hybridized carbons (Fsp3) is 0.533. The molecule has 1 heterocycles. The van der Waals surface area contributed by atoms with Crippen LogP contribution < -0.4 is 15.8 Å². The van der Waals surface area contributed by atoms with E-state index in [-0.39, 0.29) is 6.03 Å². The summed E-state index contributed by atoms with van der Waals surface area (Å²) in [5.41, 5.74) is 7.34. The molecule has 1 saturated heterocycles. The van der Waals surface area contributed by atoms with Gasteiger partial charge in [-0.1, -0.05) is 12.8 Å². The highest BCUT2D eigenvalue weighted by Crippen LogP contribution is 2.21. The van der Waals surface area contributed by atoms with Gasteiger partial charge in [0.05, 0.1) is 7.11 Å². The van der Waals surface area contributed by atoms with Crippen LogP contribution in [0.15, 0.2) is 18.2 Å². The number of carbonyl (C=O) groups is 1. The van der Waals surface area contributed by atoms with Gasteiger partial charge >= 0.3 is 6.03 Å². The second kappa shape index (κ2) is 7.03. The Labute approximate surface area is 120 Å². The maximum atomic E-state index is 12.2. The monoisotopic (exact) mass is 277 g/mol. The standard InChI is InChI=1S/C15H23N3O2/c1-20-14-7-6-13(16)10-12(14)11-17-15(19)18-8-4-2-3-5-9-18/h6-7,10H,2-5,8-9,11,16H2,1H3,(H,17,19). The first-order chi connectivity index (χ1) is 9.70. The van der Waals surface area contributed by atoms with E-state index >= 15 is 0 Å². The molecule has 5 heteroatoms. The molecule has 1 aromatic rings. The normalized spacial score (nSPS) is 15.6. The Balaban J connectivity index is 1.93. The smallest absolute Gasteiger partial charge is 0.317 e. The van der Waals surface area contributed by atoms with Crippen molar-refractivity contribution >= 4 is 11.7 Å². The highest BCUT2D eigenvalue weighted by atomic mass is 16.5. The van der Waals surface area contributed by atoms with Gasteiger partial charge in [-0.3, -0.25) is 0 Å². The summed E-state index contributed by atoms with van der Waals surface area (Å²) in [6.07, 6.45) is 4.61. The van der Waals surface area contributed by atoms with Crippen LogP contribution >= 0.6 is 0 Å². The Kier molecular flexibility index (Phi) is 5.09. The van der Waals surface area contributed by atoms with Gasteiger partial charge in [0.1, 0.15) is 5.75 Å². The van der Waals surface area contributed by atoms with Crippen LogP contribution in [0, 0.1) is 0 Å². The second-order valence-corrected chi connectivity index (χ2v) is 5.13. The molecule has 0 radical (unpaired) electrons. The summed E-state index contributed by atoms with van der Waals surface area (Å²) >= 11 is 0. The van der Waals surface area contributed by atoms with Crippen LogP contribution in [0.1, 0.15) is 31.2 Å². The van der Waals surface area contributed by atoms with Gasteiger partial charge in [0.25, 0.3) is 0 Å². The Bertz CT molecular complexity index is 454. The molecule has 1 aromatic carbocycles. The summed E-state index contributed by atoms with van der Waals surface area (Å²) in [6, 6.07) is 5.44. The molecule has 0 aromatic heterocycles. The highest BCUT2D eigenvalue weighted by molar-refractivity contribution is 5.74. The number of benzene rings is 1. The molecule has 3 N–H and O–H groups in total. The first kappa shape index (κ1) is 14.5. The van der Waals surface area contributed by atoms with Crippen LogP contribution in [0.25, 0.3) is 0 Å². The molecule has 5 nitrogen and oxygen atoms in total. The number of methoxy groups -OCH3 is 1. The van der Waals surface area contributed by atoms with Gasteiger partial charge < -0.3 is 20.7 Å². The molecule has 20 heavy (non-hydrogen) atoms. The van der Waals surface area contributed by atoms with Gasteiger partial charge in [0.2, 0.25) is 0 Å². The Morgan fingerprint density at radius 3 is 2.65 bits per heavy atom. The van der Waals surface area contributed by atoms with Crippen molar-refractivity contribution in [3.05, 3.63) is 23.8 Å². The van der Waals surface area contributed by atoms with Crippen molar-refractivity contribution < 1.29 is 9.53 Å². The Morgan fingerprint density at radius 2 is 2.00 bits per heavy atom. The minimum absolute atomic E-state index is 0.00335. The van der Waals surface area contributed by atoms with E-state index in [1.54, 1.807) is 13.2 Å². The molecule has 0 unspecified atom stereocenters. The Morgan fingerprint density at radius 1 is 1.30 bits per heavy atom. The fourth-order valence-electron chi connectivity index (χ4n) is 2.49. The zero-order valence-corrected chi connectivity index (χ0v) is 12.0. The number of ether oxygens (including phenoxy) is 1. The molecule has 0 aliphatic carbocycles. The number of rotatable bonds is 3. The predicted octanol–water partition coefficient (Wildman–Crippen LogP) is 2.36. The third-order valence-electron chi connectivity index (χ3n) is 3.63.